The second-order valence-corrected chi connectivity index (χ2v) is 5.77. The Hall–Kier alpha value is -1.30. The normalized spacial score (nSPS) is 15.9. The fourth-order valence-electron chi connectivity index (χ4n) is 2.09. The molecule has 5 nitrogen and oxygen atoms in total. The van der Waals surface area contributed by atoms with E-state index in [9.17, 15) is 9.59 Å². The molecular weight excluding hydrogens is 312 g/mol. The van der Waals surface area contributed by atoms with E-state index in [1.54, 1.807) is 10.6 Å². The highest BCUT2D eigenvalue weighted by Gasteiger charge is 2.34. The molecule has 1 N–H and O–H groups in total. The molecule has 0 saturated heterocycles. The van der Waals surface area contributed by atoms with Crippen molar-refractivity contribution in [1.29, 1.82) is 0 Å². The second-order valence-electron chi connectivity index (χ2n) is 4.85. The first-order chi connectivity index (χ1) is 9.01. The van der Waals surface area contributed by atoms with Crippen molar-refractivity contribution >= 4 is 27.8 Å². The highest BCUT2D eigenvalue weighted by atomic mass is 79.9. The number of halogens is 1. The van der Waals surface area contributed by atoms with Gasteiger partial charge in [-0.25, -0.2) is 0 Å². The summed E-state index contributed by atoms with van der Waals surface area (Å²) in [6.07, 6.45) is 4.16. The number of carbonyl (C=O) groups is 2. The number of ether oxygens (including phenoxy) is 1. The van der Waals surface area contributed by atoms with E-state index in [0.717, 1.165) is 17.3 Å². The van der Waals surface area contributed by atoms with Gasteiger partial charge in [-0.15, -0.1) is 0 Å². The summed E-state index contributed by atoms with van der Waals surface area (Å²) in [6, 6.07) is 1.63. The van der Waals surface area contributed by atoms with Crippen LogP contribution in [-0.2, 0) is 16.6 Å². The zero-order valence-electron chi connectivity index (χ0n) is 11.0. The first-order valence-corrected chi connectivity index (χ1v) is 7.00. The van der Waals surface area contributed by atoms with Gasteiger partial charge in [-0.05, 0) is 40.8 Å². The predicted octanol–water partition coefficient (Wildman–Crippen LogP) is 1.86. The summed E-state index contributed by atoms with van der Waals surface area (Å²) in [4.78, 5) is 23.5. The smallest absolute Gasteiger partial charge is 0.307 e. The molecular formula is C13H17BrN2O3. The summed E-state index contributed by atoms with van der Waals surface area (Å²) in [6.45, 7) is 0. The van der Waals surface area contributed by atoms with Crippen molar-refractivity contribution in [2.75, 3.05) is 7.11 Å². The molecule has 0 radical (unpaired) electrons. The van der Waals surface area contributed by atoms with Gasteiger partial charge in [-0.1, -0.05) is 0 Å². The maximum absolute atomic E-state index is 12.2. The molecule has 0 bridgehead atoms. The van der Waals surface area contributed by atoms with E-state index in [1.807, 2.05) is 13.2 Å². The Kier molecular flexibility index (Phi) is 4.29. The fourth-order valence-corrected chi connectivity index (χ4v) is 2.61. The molecule has 0 spiro atoms. The number of hydrogen-bond donors (Lipinski definition) is 1. The average Bonchev–Trinajstić information content (AvgIpc) is 3.14. The van der Waals surface area contributed by atoms with Crippen LogP contribution in [0.15, 0.2) is 16.7 Å². The lowest BCUT2D eigenvalue weighted by molar-refractivity contribution is -0.141. The van der Waals surface area contributed by atoms with Gasteiger partial charge in [0, 0.05) is 23.8 Å². The van der Waals surface area contributed by atoms with Crippen LogP contribution in [0.4, 0.5) is 0 Å². The van der Waals surface area contributed by atoms with E-state index in [1.165, 1.54) is 7.11 Å². The number of nitrogens with zero attached hydrogens (tertiary/aromatic N) is 1. The van der Waals surface area contributed by atoms with Crippen molar-refractivity contribution in [3.8, 4) is 0 Å². The van der Waals surface area contributed by atoms with Crippen LogP contribution < -0.4 is 5.32 Å². The third kappa shape index (κ3) is 3.59. The maximum atomic E-state index is 12.2. The van der Waals surface area contributed by atoms with E-state index >= 15 is 0 Å². The van der Waals surface area contributed by atoms with E-state index < -0.39 is 0 Å². The molecule has 1 aromatic rings. The first kappa shape index (κ1) is 14.1. The van der Waals surface area contributed by atoms with Gasteiger partial charge >= 0.3 is 5.97 Å². The molecule has 1 fully saturated rings. The van der Waals surface area contributed by atoms with Crippen molar-refractivity contribution in [1.82, 2.24) is 9.88 Å². The zero-order chi connectivity index (χ0) is 14.0. The van der Waals surface area contributed by atoms with Crippen LogP contribution in [0.3, 0.4) is 0 Å². The van der Waals surface area contributed by atoms with Gasteiger partial charge in [0.25, 0.3) is 5.91 Å². The number of methoxy groups -OCH3 is 1. The lowest BCUT2D eigenvalue weighted by Crippen LogP contribution is -2.39. The summed E-state index contributed by atoms with van der Waals surface area (Å²) in [5.74, 6) is -0.0500. The monoisotopic (exact) mass is 328 g/mol. The molecule has 1 amide bonds. The Bertz CT molecular complexity index is 494. The quantitative estimate of drug-likeness (QED) is 0.839. The molecule has 1 saturated carbocycles. The van der Waals surface area contributed by atoms with Crippen molar-refractivity contribution in [2.45, 2.75) is 25.3 Å². The van der Waals surface area contributed by atoms with Gasteiger partial charge in [0.05, 0.1) is 13.5 Å². The number of nitrogens with one attached hydrogen (secondary N) is 1. The van der Waals surface area contributed by atoms with Crippen LogP contribution in [0.5, 0.6) is 0 Å². The number of rotatable bonds is 5. The maximum Gasteiger partial charge on any atom is 0.307 e. The Morgan fingerprint density at radius 3 is 2.74 bits per heavy atom. The van der Waals surface area contributed by atoms with Gasteiger partial charge < -0.3 is 14.6 Å². The Morgan fingerprint density at radius 1 is 1.58 bits per heavy atom. The van der Waals surface area contributed by atoms with E-state index in [4.69, 9.17) is 0 Å². The molecule has 19 heavy (non-hydrogen) atoms. The Morgan fingerprint density at radius 2 is 2.26 bits per heavy atom. The predicted molar refractivity (Wildman–Crippen MR) is 73.7 cm³/mol. The van der Waals surface area contributed by atoms with Crippen LogP contribution >= 0.6 is 15.9 Å². The van der Waals surface area contributed by atoms with Crippen molar-refractivity contribution in [3.63, 3.8) is 0 Å². The molecule has 104 valence electrons. The average molecular weight is 329 g/mol. The zero-order valence-corrected chi connectivity index (χ0v) is 12.6. The first-order valence-electron chi connectivity index (χ1n) is 6.20. The van der Waals surface area contributed by atoms with Crippen molar-refractivity contribution < 1.29 is 14.3 Å². The second kappa shape index (κ2) is 5.77. The summed E-state index contributed by atoms with van der Waals surface area (Å²) in [7, 11) is 3.18. The number of amides is 1. The third-order valence-electron chi connectivity index (χ3n) is 3.33. The number of hydrogen-bond acceptors (Lipinski definition) is 3. The minimum Gasteiger partial charge on any atom is -0.469 e. The highest BCUT2D eigenvalue weighted by molar-refractivity contribution is 9.10. The van der Waals surface area contributed by atoms with Crippen LogP contribution in [-0.4, -0.2) is 29.6 Å². The minimum atomic E-state index is -0.287. The van der Waals surface area contributed by atoms with Crippen molar-refractivity contribution in [3.05, 3.63) is 22.4 Å². The van der Waals surface area contributed by atoms with Gasteiger partial charge in [-0.3, -0.25) is 9.59 Å². The molecule has 1 aliphatic rings. The summed E-state index contributed by atoms with van der Waals surface area (Å²) < 4.78 is 7.28. The third-order valence-corrected chi connectivity index (χ3v) is 3.76. The van der Waals surface area contributed by atoms with E-state index in [0.29, 0.717) is 11.6 Å². The minimum absolute atomic E-state index is 0.131. The molecule has 1 aromatic heterocycles. The molecule has 1 atom stereocenters. The van der Waals surface area contributed by atoms with E-state index in [2.05, 4.69) is 26.0 Å². The van der Waals surface area contributed by atoms with Crippen LogP contribution in [0.25, 0.3) is 0 Å². The highest BCUT2D eigenvalue weighted by Crippen LogP contribution is 2.34. The largest absolute Gasteiger partial charge is 0.469 e. The van der Waals surface area contributed by atoms with Crippen LogP contribution in [0, 0.1) is 5.92 Å². The Labute approximate surface area is 120 Å². The fraction of sp³-hybridized carbons (Fsp3) is 0.538. The number of aromatic nitrogens is 1. The molecule has 0 aliphatic heterocycles. The summed E-state index contributed by atoms with van der Waals surface area (Å²) >= 11 is 3.34. The van der Waals surface area contributed by atoms with Gasteiger partial charge in [0.15, 0.2) is 0 Å². The van der Waals surface area contributed by atoms with Crippen LogP contribution in [0.1, 0.15) is 29.8 Å². The summed E-state index contributed by atoms with van der Waals surface area (Å²) in [5.41, 5.74) is 0.572. The number of esters is 1. The Balaban J connectivity index is 2.02. The number of carbonyl (C=O) groups excluding carboxylic acids is 2. The van der Waals surface area contributed by atoms with Gasteiger partial charge in [-0.2, -0.15) is 0 Å². The molecule has 0 unspecified atom stereocenters. The molecule has 6 heteroatoms. The van der Waals surface area contributed by atoms with E-state index in [-0.39, 0.29) is 24.3 Å². The van der Waals surface area contributed by atoms with Gasteiger partial charge in [0.1, 0.15) is 5.69 Å². The summed E-state index contributed by atoms with van der Waals surface area (Å²) in [5, 5.41) is 2.93. The molecule has 1 aliphatic carbocycles. The SMILES string of the molecule is COC(=O)C[C@@H](NC(=O)c1cc(Br)cn1C)C1CC1. The molecule has 1 heterocycles. The number of aryl methyl sites for hydroxylation is 1. The van der Waals surface area contributed by atoms with Crippen LogP contribution in [0.2, 0.25) is 0 Å². The lowest BCUT2D eigenvalue weighted by atomic mass is 10.1. The van der Waals surface area contributed by atoms with Crippen molar-refractivity contribution in [2.24, 2.45) is 13.0 Å². The molecule has 2 rings (SSSR count). The topological polar surface area (TPSA) is 60.3 Å². The lowest BCUT2D eigenvalue weighted by Gasteiger charge is -2.17. The van der Waals surface area contributed by atoms with Gasteiger partial charge in [0.2, 0.25) is 0 Å². The standard InChI is InChI=1S/C13H17BrN2O3/c1-16-7-9(14)5-11(16)13(18)15-10(8-3-4-8)6-12(17)19-2/h5,7-8,10H,3-4,6H2,1-2H3,(H,15,18)/t10-/m1/s1. The molecule has 0 aromatic carbocycles.